The molecule has 0 fully saturated rings. The number of aryl methyl sites for hydroxylation is 2. The van der Waals surface area contributed by atoms with Crippen LogP contribution in [0.25, 0.3) is 0 Å². The van der Waals surface area contributed by atoms with Crippen LogP contribution < -0.4 is 0 Å². The maximum atomic E-state index is 3.87. The summed E-state index contributed by atoms with van der Waals surface area (Å²) in [4.78, 5) is 7.74. The number of rotatable bonds is 0. The number of hydrogen-bond donors (Lipinski definition) is 0. The minimum absolute atomic E-state index is 0. The molecule has 80 valence electrons. The zero-order valence-electron chi connectivity index (χ0n) is 8.51. The van der Waals surface area contributed by atoms with Gasteiger partial charge in [0.05, 0.1) is 0 Å². The largest absolute Gasteiger partial charge is 0.242 e. The Hall–Kier alpha value is -1.70. The van der Waals surface area contributed by atoms with Gasteiger partial charge in [-0.3, -0.25) is 0 Å². The Morgan fingerprint density at radius 1 is 0.800 bits per heavy atom. The molecule has 0 atom stereocenters. The van der Waals surface area contributed by atoms with Gasteiger partial charge in [0, 0.05) is 12.4 Å². The molecule has 2 heteroatoms. The van der Waals surface area contributed by atoms with Crippen molar-refractivity contribution >= 4 is 0 Å². The van der Waals surface area contributed by atoms with Gasteiger partial charge in [0.2, 0.25) is 0 Å². The van der Waals surface area contributed by atoms with Gasteiger partial charge in [-0.25, -0.2) is 9.97 Å². The molecule has 0 saturated heterocycles. The molecule has 0 aliphatic rings. The summed E-state index contributed by atoms with van der Waals surface area (Å²) in [5.41, 5.74) is 1.32. The van der Waals surface area contributed by atoms with Crippen molar-refractivity contribution in [2.45, 2.75) is 21.3 Å². The van der Waals surface area contributed by atoms with Crippen molar-refractivity contribution in [2.75, 3.05) is 0 Å². The first-order chi connectivity index (χ1) is 6.79. The number of nitrogens with zero attached hydrogens (tertiary/aromatic N) is 2. The Kier molecular flexibility index (Phi) is 6.81. The highest BCUT2D eigenvalue weighted by molar-refractivity contribution is 5.11. The molecule has 0 N–H and O–H groups in total. The van der Waals surface area contributed by atoms with E-state index in [1.54, 1.807) is 18.5 Å². The summed E-state index contributed by atoms with van der Waals surface area (Å²) in [7, 11) is 0. The van der Waals surface area contributed by atoms with E-state index >= 15 is 0 Å². The lowest BCUT2D eigenvalue weighted by atomic mass is 10.2. The van der Waals surface area contributed by atoms with E-state index in [1.807, 2.05) is 25.1 Å². The average Bonchev–Trinajstić information content (AvgIpc) is 2.21. The van der Waals surface area contributed by atoms with Gasteiger partial charge >= 0.3 is 0 Å². The first-order valence-corrected chi connectivity index (χ1v) is 4.54. The molecule has 0 bridgehead atoms. The highest BCUT2D eigenvalue weighted by Crippen LogP contribution is 1.92. The number of benzene rings is 1. The molecule has 2 aromatic rings. The van der Waals surface area contributed by atoms with Gasteiger partial charge in [0.15, 0.2) is 0 Å². The van der Waals surface area contributed by atoms with Gasteiger partial charge in [-0.2, -0.15) is 0 Å². The van der Waals surface area contributed by atoms with Crippen LogP contribution in [0.1, 0.15) is 18.8 Å². The quantitative estimate of drug-likeness (QED) is 0.654. The third-order valence-electron chi connectivity index (χ3n) is 1.64. The fraction of sp³-hybridized carbons (Fsp3) is 0.231. The van der Waals surface area contributed by atoms with E-state index in [-0.39, 0.29) is 7.43 Å². The van der Waals surface area contributed by atoms with E-state index in [9.17, 15) is 0 Å². The first-order valence-electron chi connectivity index (χ1n) is 4.54. The predicted octanol–water partition coefficient (Wildman–Crippen LogP) is 3.42. The van der Waals surface area contributed by atoms with Crippen molar-refractivity contribution in [1.29, 1.82) is 0 Å². The van der Waals surface area contributed by atoms with Crippen LogP contribution >= 0.6 is 0 Å². The molecular weight excluding hydrogens is 184 g/mol. The van der Waals surface area contributed by atoms with Crippen molar-refractivity contribution in [2.24, 2.45) is 0 Å². The monoisotopic (exact) mass is 202 g/mol. The summed E-state index contributed by atoms with van der Waals surface area (Å²) in [5.74, 6) is 0.822. The molecule has 0 radical (unpaired) electrons. The summed E-state index contributed by atoms with van der Waals surface area (Å²) in [6.45, 7) is 3.94. The first kappa shape index (κ1) is 13.3. The van der Waals surface area contributed by atoms with E-state index in [2.05, 4.69) is 29.0 Å². The minimum atomic E-state index is 0. The molecule has 1 aromatic carbocycles. The fourth-order valence-electron chi connectivity index (χ4n) is 0.908. The van der Waals surface area contributed by atoms with Crippen LogP contribution in [0, 0.1) is 13.8 Å². The van der Waals surface area contributed by atoms with Crippen LogP contribution in [0.2, 0.25) is 0 Å². The summed E-state index contributed by atoms with van der Waals surface area (Å²) < 4.78 is 0. The van der Waals surface area contributed by atoms with Crippen molar-refractivity contribution in [3.63, 3.8) is 0 Å². The smallest absolute Gasteiger partial charge is 0.125 e. The standard InChI is InChI=1S/C7H8.C5H6N2.CH4/c1-7-5-3-2-4-6-7;1-5-6-3-2-4-7-5;/h2-6H,1H3;2-4H,1H3;1H4. The van der Waals surface area contributed by atoms with Crippen LogP contribution in [0.3, 0.4) is 0 Å². The zero-order chi connectivity index (χ0) is 10.2. The molecule has 2 nitrogen and oxygen atoms in total. The van der Waals surface area contributed by atoms with Crippen LogP contribution in [0.4, 0.5) is 0 Å². The van der Waals surface area contributed by atoms with E-state index in [4.69, 9.17) is 0 Å². The van der Waals surface area contributed by atoms with Crippen molar-refractivity contribution < 1.29 is 0 Å². The lowest BCUT2D eigenvalue weighted by Crippen LogP contribution is -1.80. The maximum Gasteiger partial charge on any atom is 0.125 e. The summed E-state index contributed by atoms with van der Waals surface area (Å²) in [6, 6.07) is 12.1. The normalized spacial score (nSPS) is 8.13. The van der Waals surface area contributed by atoms with Crippen molar-refractivity contribution in [3.8, 4) is 0 Å². The van der Waals surface area contributed by atoms with Gasteiger partial charge in [-0.15, -0.1) is 0 Å². The second kappa shape index (κ2) is 7.68. The van der Waals surface area contributed by atoms with Crippen molar-refractivity contribution in [3.05, 3.63) is 60.2 Å². The van der Waals surface area contributed by atoms with Gasteiger partial charge in [0.1, 0.15) is 5.82 Å². The van der Waals surface area contributed by atoms with Crippen LogP contribution in [-0.2, 0) is 0 Å². The molecule has 0 saturated carbocycles. The molecular formula is C13H18N2. The zero-order valence-corrected chi connectivity index (χ0v) is 8.51. The fourth-order valence-corrected chi connectivity index (χ4v) is 0.908. The van der Waals surface area contributed by atoms with Gasteiger partial charge in [-0.05, 0) is 19.9 Å². The molecule has 15 heavy (non-hydrogen) atoms. The third-order valence-corrected chi connectivity index (χ3v) is 1.64. The molecule has 0 amide bonds. The van der Waals surface area contributed by atoms with Gasteiger partial charge in [0.25, 0.3) is 0 Å². The van der Waals surface area contributed by atoms with Crippen LogP contribution in [0.5, 0.6) is 0 Å². The second-order valence-electron chi connectivity index (χ2n) is 2.95. The molecule has 0 aliphatic heterocycles. The SMILES string of the molecule is C.Cc1ccccc1.Cc1ncccn1. The number of hydrogen-bond acceptors (Lipinski definition) is 2. The van der Waals surface area contributed by atoms with Crippen LogP contribution in [-0.4, -0.2) is 9.97 Å². The topological polar surface area (TPSA) is 25.8 Å². The van der Waals surface area contributed by atoms with Crippen molar-refractivity contribution in [1.82, 2.24) is 9.97 Å². The highest BCUT2D eigenvalue weighted by atomic mass is 14.8. The minimum Gasteiger partial charge on any atom is -0.242 e. The number of aromatic nitrogens is 2. The Bertz CT molecular complexity index is 306. The molecule has 0 spiro atoms. The van der Waals surface area contributed by atoms with Crippen LogP contribution in [0.15, 0.2) is 48.8 Å². The predicted molar refractivity (Wildman–Crippen MR) is 64.7 cm³/mol. The van der Waals surface area contributed by atoms with E-state index < -0.39 is 0 Å². The Morgan fingerprint density at radius 3 is 1.60 bits per heavy atom. The third kappa shape index (κ3) is 6.38. The Labute approximate surface area is 92.0 Å². The molecule has 0 aliphatic carbocycles. The molecule has 1 heterocycles. The average molecular weight is 202 g/mol. The van der Waals surface area contributed by atoms with E-state index in [0.717, 1.165) is 5.82 Å². The summed E-state index contributed by atoms with van der Waals surface area (Å²) in [5, 5.41) is 0. The highest BCUT2D eigenvalue weighted by Gasteiger charge is 1.74. The molecule has 2 rings (SSSR count). The Morgan fingerprint density at radius 2 is 1.33 bits per heavy atom. The molecule has 0 unspecified atom stereocenters. The second-order valence-corrected chi connectivity index (χ2v) is 2.95. The molecule has 1 aromatic heterocycles. The Balaban J connectivity index is 0.000000245. The lowest BCUT2D eigenvalue weighted by molar-refractivity contribution is 1.05. The van der Waals surface area contributed by atoms with E-state index in [0.29, 0.717) is 0 Å². The van der Waals surface area contributed by atoms with E-state index in [1.165, 1.54) is 5.56 Å². The lowest BCUT2D eigenvalue weighted by Gasteiger charge is -1.82. The summed E-state index contributed by atoms with van der Waals surface area (Å²) in [6.07, 6.45) is 3.45. The summed E-state index contributed by atoms with van der Waals surface area (Å²) >= 11 is 0. The van der Waals surface area contributed by atoms with Gasteiger partial charge < -0.3 is 0 Å². The maximum absolute atomic E-state index is 3.87. The van der Waals surface area contributed by atoms with Gasteiger partial charge in [-0.1, -0.05) is 43.3 Å².